The van der Waals surface area contributed by atoms with Gasteiger partial charge in [-0.3, -0.25) is 9.59 Å². The third-order valence-corrected chi connectivity index (χ3v) is 4.12. The number of hydrogen-bond acceptors (Lipinski definition) is 3. The molecule has 1 amide bonds. The Morgan fingerprint density at radius 3 is 2.37 bits per heavy atom. The molecule has 0 aliphatic heterocycles. The maximum absolute atomic E-state index is 13.2. The molecule has 3 aromatic rings. The van der Waals surface area contributed by atoms with E-state index >= 15 is 0 Å². The number of carbonyl (C=O) groups is 1. The second-order valence-corrected chi connectivity index (χ2v) is 6.42. The lowest BCUT2D eigenvalue weighted by Crippen LogP contribution is -2.31. The number of hydrogen-bond donors (Lipinski definition) is 1. The Morgan fingerprint density at radius 1 is 1.07 bits per heavy atom. The van der Waals surface area contributed by atoms with Gasteiger partial charge in [-0.25, -0.2) is 13.5 Å². The first-order chi connectivity index (χ1) is 14.0. The minimum atomic E-state index is -4.58. The van der Waals surface area contributed by atoms with Gasteiger partial charge in [0.05, 0.1) is 11.3 Å². The Bertz CT molecular complexity index is 1150. The van der Waals surface area contributed by atoms with Gasteiger partial charge in [0.15, 0.2) is 5.69 Å². The summed E-state index contributed by atoms with van der Waals surface area (Å²) in [6.45, 7) is 1.16. The van der Waals surface area contributed by atoms with E-state index in [0.717, 1.165) is 35.0 Å². The van der Waals surface area contributed by atoms with Crippen LogP contribution >= 0.6 is 0 Å². The van der Waals surface area contributed by atoms with Crippen molar-refractivity contribution in [2.24, 2.45) is 0 Å². The van der Waals surface area contributed by atoms with Gasteiger partial charge in [-0.2, -0.15) is 18.3 Å². The molecule has 0 radical (unpaired) electrons. The molecule has 0 saturated heterocycles. The average Bonchev–Trinajstić information content (AvgIpc) is 2.65. The number of halogens is 5. The maximum Gasteiger partial charge on any atom is 0.416 e. The summed E-state index contributed by atoms with van der Waals surface area (Å²) in [5.74, 6) is -2.61. The Labute approximate surface area is 166 Å². The van der Waals surface area contributed by atoms with E-state index in [2.05, 4.69) is 10.4 Å². The molecular weight excluding hydrogens is 409 g/mol. The molecule has 0 spiro atoms. The van der Waals surface area contributed by atoms with Gasteiger partial charge in [0.1, 0.15) is 11.6 Å². The monoisotopic (exact) mass is 423 g/mol. The van der Waals surface area contributed by atoms with E-state index in [1.165, 1.54) is 19.1 Å². The highest BCUT2D eigenvalue weighted by Gasteiger charge is 2.30. The second-order valence-electron chi connectivity index (χ2n) is 6.42. The first kappa shape index (κ1) is 21.2. The van der Waals surface area contributed by atoms with Crippen LogP contribution in [0.2, 0.25) is 0 Å². The number of nitrogens with one attached hydrogen (secondary N) is 1. The van der Waals surface area contributed by atoms with E-state index < -0.39 is 40.4 Å². The number of aryl methyl sites for hydroxylation is 1. The van der Waals surface area contributed by atoms with Gasteiger partial charge < -0.3 is 5.32 Å². The molecule has 0 aliphatic carbocycles. The first-order valence-corrected chi connectivity index (χ1v) is 8.56. The summed E-state index contributed by atoms with van der Waals surface area (Å²) in [5, 5.41) is 6.21. The molecule has 0 aliphatic rings. The largest absolute Gasteiger partial charge is 0.416 e. The van der Waals surface area contributed by atoms with Crippen LogP contribution in [0.5, 0.6) is 0 Å². The lowest BCUT2D eigenvalue weighted by atomic mass is 10.2. The van der Waals surface area contributed by atoms with Crippen LogP contribution in [0.1, 0.15) is 27.3 Å². The highest BCUT2D eigenvalue weighted by atomic mass is 19.4. The van der Waals surface area contributed by atoms with Gasteiger partial charge in [0, 0.05) is 24.4 Å². The Balaban J connectivity index is 1.91. The molecule has 0 fully saturated rings. The predicted octanol–water partition coefficient (Wildman–Crippen LogP) is 3.77. The van der Waals surface area contributed by atoms with Gasteiger partial charge in [-0.1, -0.05) is 6.07 Å². The molecule has 0 bridgehead atoms. The van der Waals surface area contributed by atoms with Crippen LogP contribution in [0.4, 0.5) is 22.0 Å². The molecule has 5 nitrogen and oxygen atoms in total. The van der Waals surface area contributed by atoms with E-state index in [1.807, 2.05) is 0 Å². The van der Waals surface area contributed by atoms with Crippen molar-refractivity contribution >= 4 is 5.91 Å². The fourth-order valence-electron chi connectivity index (χ4n) is 2.76. The molecule has 0 atom stereocenters. The number of aromatic nitrogens is 2. The minimum absolute atomic E-state index is 0.00331. The van der Waals surface area contributed by atoms with Crippen LogP contribution in [0, 0.1) is 18.6 Å². The van der Waals surface area contributed by atoms with Gasteiger partial charge in [0.2, 0.25) is 5.43 Å². The number of amides is 1. The van der Waals surface area contributed by atoms with Crippen LogP contribution in [0.3, 0.4) is 0 Å². The highest BCUT2D eigenvalue weighted by molar-refractivity contribution is 5.92. The topological polar surface area (TPSA) is 64.0 Å². The van der Waals surface area contributed by atoms with Gasteiger partial charge in [0.25, 0.3) is 5.91 Å². The number of alkyl halides is 3. The van der Waals surface area contributed by atoms with E-state index in [4.69, 9.17) is 0 Å². The Kier molecular flexibility index (Phi) is 5.68. The van der Waals surface area contributed by atoms with Crippen molar-refractivity contribution in [2.45, 2.75) is 19.6 Å². The van der Waals surface area contributed by atoms with Crippen LogP contribution in [0.15, 0.2) is 53.3 Å². The van der Waals surface area contributed by atoms with Crippen LogP contribution in [-0.2, 0) is 12.7 Å². The molecule has 3 rings (SSSR count). The average molecular weight is 423 g/mol. The zero-order valence-electron chi connectivity index (χ0n) is 15.4. The molecule has 0 unspecified atom stereocenters. The molecule has 156 valence electrons. The maximum atomic E-state index is 13.2. The van der Waals surface area contributed by atoms with Crippen molar-refractivity contribution in [3.8, 4) is 5.69 Å². The van der Waals surface area contributed by atoms with Crippen LogP contribution in [-0.4, -0.2) is 15.7 Å². The molecule has 1 N–H and O–H groups in total. The molecule has 0 saturated carbocycles. The summed E-state index contributed by atoms with van der Waals surface area (Å²) in [6, 6.07) is 7.98. The first-order valence-electron chi connectivity index (χ1n) is 8.56. The summed E-state index contributed by atoms with van der Waals surface area (Å²) < 4.78 is 66.5. The van der Waals surface area contributed by atoms with E-state index in [1.54, 1.807) is 0 Å². The van der Waals surface area contributed by atoms with Gasteiger partial charge in [-0.05, 0) is 42.8 Å². The summed E-state index contributed by atoms with van der Waals surface area (Å²) in [5.41, 5.74) is -1.91. The third kappa shape index (κ3) is 4.70. The molecule has 30 heavy (non-hydrogen) atoms. The van der Waals surface area contributed by atoms with E-state index in [9.17, 15) is 31.5 Å². The number of carbonyl (C=O) groups excluding carboxylic acids is 1. The van der Waals surface area contributed by atoms with Crippen molar-refractivity contribution in [1.29, 1.82) is 0 Å². The van der Waals surface area contributed by atoms with Crippen LogP contribution < -0.4 is 10.7 Å². The van der Waals surface area contributed by atoms with Gasteiger partial charge in [-0.15, -0.1) is 0 Å². The molecule has 1 aromatic heterocycles. The Hall–Kier alpha value is -3.56. The molecular formula is C20H14F5N3O2. The smallest absolute Gasteiger partial charge is 0.346 e. The fraction of sp³-hybridized carbons (Fsp3) is 0.150. The number of benzene rings is 2. The zero-order valence-corrected chi connectivity index (χ0v) is 15.4. The van der Waals surface area contributed by atoms with Crippen molar-refractivity contribution in [3.05, 3.63) is 92.9 Å². The highest BCUT2D eigenvalue weighted by Crippen LogP contribution is 2.30. The minimum Gasteiger partial charge on any atom is -0.346 e. The quantitative estimate of drug-likeness (QED) is 0.650. The standard InChI is InChI=1S/C20H14F5N3O2/c1-11-5-17(29)18(19(30)26-10-12-6-14(21)9-15(22)7-12)27-28(11)16-4-2-3-13(8-16)20(23,24)25/h2-9H,10H2,1H3,(H,26,30). The van der Waals surface area contributed by atoms with Crippen molar-refractivity contribution in [1.82, 2.24) is 15.1 Å². The number of nitrogens with zero attached hydrogens (tertiary/aromatic N) is 2. The van der Waals surface area contributed by atoms with E-state index in [0.29, 0.717) is 6.07 Å². The van der Waals surface area contributed by atoms with Crippen LogP contribution in [0.25, 0.3) is 5.69 Å². The van der Waals surface area contributed by atoms with Gasteiger partial charge >= 0.3 is 6.18 Å². The summed E-state index contributed by atoms with van der Waals surface area (Å²) in [7, 11) is 0. The Morgan fingerprint density at radius 2 is 1.73 bits per heavy atom. The predicted molar refractivity (Wildman–Crippen MR) is 97.1 cm³/mol. The third-order valence-electron chi connectivity index (χ3n) is 4.12. The summed E-state index contributed by atoms with van der Waals surface area (Å²) in [6.07, 6.45) is -4.58. The zero-order chi connectivity index (χ0) is 22.1. The SMILES string of the molecule is Cc1cc(=O)c(C(=O)NCc2cc(F)cc(F)c2)nn1-c1cccc(C(F)(F)F)c1. The normalized spacial score (nSPS) is 11.4. The lowest BCUT2D eigenvalue weighted by Gasteiger charge is -2.13. The second kappa shape index (κ2) is 8.05. The summed E-state index contributed by atoms with van der Waals surface area (Å²) >= 11 is 0. The molecule has 10 heteroatoms. The van der Waals surface area contributed by atoms with Crippen molar-refractivity contribution in [3.63, 3.8) is 0 Å². The molecule has 2 aromatic carbocycles. The number of rotatable bonds is 4. The summed E-state index contributed by atoms with van der Waals surface area (Å²) in [4.78, 5) is 24.5. The van der Waals surface area contributed by atoms with Crippen molar-refractivity contribution in [2.75, 3.05) is 0 Å². The molecule has 1 heterocycles. The van der Waals surface area contributed by atoms with Crippen molar-refractivity contribution < 1.29 is 26.7 Å². The fourth-order valence-corrected chi connectivity index (χ4v) is 2.76. The lowest BCUT2D eigenvalue weighted by molar-refractivity contribution is -0.137. The van der Waals surface area contributed by atoms with E-state index in [-0.39, 0.29) is 23.5 Å².